The molecule has 0 amide bonds. The van der Waals surface area contributed by atoms with E-state index in [-0.39, 0.29) is 28.7 Å². The minimum Gasteiger partial charge on any atom is -0.508 e. The normalized spacial score (nSPS) is 23.3. The summed E-state index contributed by atoms with van der Waals surface area (Å²) in [5.74, 6) is -2.41. The summed E-state index contributed by atoms with van der Waals surface area (Å²) in [6, 6.07) is 3.49. The van der Waals surface area contributed by atoms with Crippen molar-refractivity contribution < 1.29 is 34.8 Å². The van der Waals surface area contributed by atoms with Crippen LogP contribution in [0.2, 0.25) is 0 Å². The standard InChI is InChI=1S/C21H26O7/c1-20(2,27)18-8-10-21(3,28-18)9-4-5-13(19(25)26)11-17(24)15-12-14(22)6-7-16(15)23/h4-7,9,12,18,22-23,27H,8,10-11H2,1-3H3,(H,25,26). The highest BCUT2D eigenvalue weighted by Gasteiger charge is 2.40. The van der Waals surface area contributed by atoms with Crippen molar-refractivity contribution in [2.75, 3.05) is 0 Å². The maximum Gasteiger partial charge on any atom is 0.332 e. The molecular formula is C21H26O7. The molecule has 0 bridgehead atoms. The first-order chi connectivity index (χ1) is 12.9. The number of carbonyl (C=O) groups excluding carboxylic acids is 1. The Labute approximate surface area is 163 Å². The molecule has 0 aromatic heterocycles. The molecule has 1 saturated heterocycles. The number of phenols is 2. The number of phenolic OH excluding ortho intramolecular Hbond substituents is 2. The molecule has 2 unspecified atom stereocenters. The smallest absolute Gasteiger partial charge is 0.332 e. The molecule has 28 heavy (non-hydrogen) atoms. The van der Waals surface area contributed by atoms with E-state index in [4.69, 9.17) is 4.74 Å². The molecule has 0 radical (unpaired) electrons. The molecule has 0 saturated carbocycles. The molecule has 7 nitrogen and oxygen atoms in total. The van der Waals surface area contributed by atoms with Crippen LogP contribution < -0.4 is 0 Å². The van der Waals surface area contributed by atoms with Crippen molar-refractivity contribution in [3.05, 3.63) is 47.6 Å². The number of Topliss-reactive ketones (excluding diaryl/α,β-unsaturated/α-hetero) is 1. The van der Waals surface area contributed by atoms with E-state index in [0.29, 0.717) is 12.8 Å². The Morgan fingerprint density at radius 2 is 2.00 bits per heavy atom. The fourth-order valence-corrected chi connectivity index (χ4v) is 3.07. The summed E-state index contributed by atoms with van der Waals surface area (Å²) in [7, 11) is 0. The first kappa shape index (κ1) is 21.7. The Morgan fingerprint density at radius 3 is 2.57 bits per heavy atom. The molecule has 2 rings (SSSR count). The number of aliphatic carboxylic acids is 1. The van der Waals surface area contributed by atoms with Crippen LogP contribution in [0.15, 0.2) is 42.0 Å². The lowest BCUT2D eigenvalue weighted by Crippen LogP contribution is -2.37. The Hall–Kier alpha value is -2.64. The van der Waals surface area contributed by atoms with Gasteiger partial charge in [-0.3, -0.25) is 4.79 Å². The molecule has 1 fully saturated rings. The van der Waals surface area contributed by atoms with Gasteiger partial charge in [0.1, 0.15) is 11.5 Å². The van der Waals surface area contributed by atoms with Gasteiger partial charge in [-0.15, -0.1) is 0 Å². The van der Waals surface area contributed by atoms with Gasteiger partial charge in [0.25, 0.3) is 0 Å². The molecule has 1 aromatic rings. The van der Waals surface area contributed by atoms with Gasteiger partial charge in [-0.1, -0.05) is 18.2 Å². The number of rotatable bonds is 7. The van der Waals surface area contributed by atoms with Crippen LogP contribution in [0.25, 0.3) is 0 Å². The predicted molar refractivity (Wildman–Crippen MR) is 102 cm³/mol. The second kappa shape index (κ2) is 8.16. The number of aromatic hydroxyl groups is 2. The lowest BCUT2D eigenvalue weighted by Gasteiger charge is -2.28. The fraction of sp³-hybridized carbons (Fsp3) is 0.429. The van der Waals surface area contributed by atoms with Crippen molar-refractivity contribution in [2.45, 2.75) is 57.3 Å². The molecule has 152 valence electrons. The minimum absolute atomic E-state index is 0.143. The third-order valence-electron chi connectivity index (χ3n) is 4.75. The lowest BCUT2D eigenvalue weighted by molar-refractivity contribution is -0.132. The van der Waals surface area contributed by atoms with Gasteiger partial charge in [-0.25, -0.2) is 4.79 Å². The van der Waals surface area contributed by atoms with Gasteiger partial charge in [-0.05, 0) is 51.8 Å². The Morgan fingerprint density at radius 1 is 1.32 bits per heavy atom. The minimum atomic E-state index is -1.26. The zero-order chi connectivity index (χ0) is 21.1. The highest BCUT2D eigenvalue weighted by atomic mass is 16.5. The number of ether oxygens (including phenoxy) is 1. The fourth-order valence-electron chi connectivity index (χ4n) is 3.07. The van der Waals surface area contributed by atoms with E-state index in [1.807, 2.05) is 6.92 Å². The van der Waals surface area contributed by atoms with Crippen LogP contribution in [0.4, 0.5) is 0 Å². The Balaban J connectivity index is 2.13. The third kappa shape index (κ3) is 5.43. The number of aliphatic hydroxyl groups is 1. The summed E-state index contributed by atoms with van der Waals surface area (Å²) in [5.41, 5.74) is -1.92. The van der Waals surface area contributed by atoms with E-state index < -0.39 is 29.4 Å². The van der Waals surface area contributed by atoms with Gasteiger partial charge in [0.05, 0.1) is 22.9 Å². The van der Waals surface area contributed by atoms with E-state index >= 15 is 0 Å². The Bertz CT molecular complexity index is 817. The van der Waals surface area contributed by atoms with Crippen LogP contribution in [0.5, 0.6) is 11.5 Å². The maximum atomic E-state index is 12.3. The molecule has 0 aliphatic carbocycles. The third-order valence-corrected chi connectivity index (χ3v) is 4.75. The maximum absolute atomic E-state index is 12.3. The van der Waals surface area contributed by atoms with Gasteiger partial charge in [-0.2, -0.15) is 0 Å². The van der Waals surface area contributed by atoms with Gasteiger partial charge in [0.15, 0.2) is 5.78 Å². The van der Waals surface area contributed by atoms with Crippen molar-refractivity contribution in [1.82, 2.24) is 0 Å². The van der Waals surface area contributed by atoms with E-state index in [2.05, 4.69) is 0 Å². The molecule has 1 aliphatic rings. The van der Waals surface area contributed by atoms with Crippen molar-refractivity contribution >= 4 is 11.8 Å². The van der Waals surface area contributed by atoms with Gasteiger partial charge < -0.3 is 25.2 Å². The summed E-state index contributed by atoms with van der Waals surface area (Å²) in [5, 5.41) is 38.7. The molecule has 7 heteroatoms. The number of carboxylic acid groups (broad SMARTS) is 1. The molecular weight excluding hydrogens is 364 g/mol. The lowest BCUT2D eigenvalue weighted by atomic mass is 9.96. The summed E-state index contributed by atoms with van der Waals surface area (Å²) in [4.78, 5) is 23.8. The van der Waals surface area contributed by atoms with E-state index in [0.717, 1.165) is 6.07 Å². The van der Waals surface area contributed by atoms with Crippen LogP contribution >= 0.6 is 0 Å². The number of carboxylic acids is 1. The molecule has 2 atom stereocenters. The molecule has 4 N–H and O–H groups in total. The number of ketones is 1. The largest absolute Gasteiger partial charge is 0.508 e. The predicted octanol–water partition coefficient (Wildman–Crippen LogP) is 2.95. The van der Waals surface area contributed by atoms with Gasteiger partial charge in [0.2, 0.25) is 0 Å². The van der Waals surface area contributed by atoms with Crippen molar-refractivity contribution in [1.29, 1.82) is 0 Å². The quantitative estimate of drug-likeness (QED) is 0.244. The number of allylic oxidation sites excluding steroid dienone is 2. The van der Waals surface area contributed by atoms with E-state index in [9.17, 15) is 30.0 Å². The molecule has 1 aliphatic heterocycles. The first-order valence-corrected chi connectivity index (χ1v) is 8.98. The molecule has 0 spiro atoms. The number of benzene rings is 1. The summed E-state index contributed by atoms with van der Waals surface area (Å²) < 4.78 is 5.89. The zero-order valence-electron chi connectivity index (χ0n) is 16.2. The summed E-state index contributed by atoms with van der Waals surface area (Å²) in [6.45, 7) is 5.20. The average Bonchev–Trinajstić information content (AvgIpc) is 2.98. The average molecular weight is 390 g/mol. The number of hydrogen-bond acceptors (Lipinski definition) is 6. The summed E-state index contributed by atoms with van der Waals surface area (Å²) >= 11 is 0. The highest BCUT2D eigenvalue weighted by Crippen LogP contribution is 2.36. The molecule has 1 aromatic carbocycles. The van der Waals surface area contributed by atoms with Crippen molar-refractivity contribution in [2.24, 2.45) is 0 Å². The van der Waals surface area contributed by atoms with Gasteiger partial charge in [0, 0.05) is 12.0 Å². The van der Waals surface area contributed by atoms with Crippen molar-refractivity contribution in [3.8, 4) is 11.5 Å². The topological polar surface area (TPSA) is 124 Å². The first-order valence-electron chi connectivity index (χ1n) is 8.98. The number of carbonyl (C=O) groups is 2. The second-order valence-corrected chi connectivity index (χ2v) is 7.77. The highest BCUT2D eigenvalue weighted by molar-refractivity contribution is 6.04. The van der Waals surface area contributed by atoms with Crippen LogP contribution in [-0.4, -0.2) is 49.5 Å². The Kier molecular flexibility index (Phi) is 6.31. The van der Waals surface area contributed by atoms with Crippen LogP contribution in [0.1, 0.15) is 50.4 Å². The van der Waals surface area contributed by atoms with Crippen LogP contribution in [0, 0.1) is 0 Å². The molecule has 1 heterocycles. The van der Waals surface area contributed by atoms with E-state index in [1.54, 1.807) is 19.9 Å². The van der Waals surface area contributed by atoms with E-state index in [1.165, 1.54) is 24.3 Å². The monoisotopic (exact) mass is 390 g/mol. The summed E-state index contributed by atoms with van der Waals surface area (Å²) in [6.07, 6.45) is 5.12. The number of hydrogen-bond donors (Lipinski definition) is 4. The SMILES string of the molecule is CC1(C=CC=C(CC(=O)c2cc(O)ccc2O)C(=O)O)CCC(C(C)(C)O)O1. The zero-order valence-corrected chi connectivity index (χ0v) is 16.2. The van der Waals surface area contributed by atoms with Crippen LogP contribution in [-0.2, 0) is 9.53 Å². The second-order valence-electron chi connectivity index (χ2n) is 7.77. The van der Waals surface area contributed by atoms with Crippen LogP contribution in [0.3, 0.4) is 0 Å². The van der Waals surface area contributed by atoms with Gasteiger partial charge >= 0.3 is 5.97 Å². The van der Waals surface area contributed by atoms with Crippen molar-refractivity contribution in [3.63, 3.8) is 0 Å².